The van der Waals surface area contributed by atoms with Gasteiger partial charge in [-0.1, -0.05) is 17.7 Å². The molecule has 0 aliphatic rings. The quantitative estimate of drug-likeness (QED) is 0.713. The van der Waals surface area contributed by atoms with Crippen molar-refractivity contribution in [3.63, 3.8) is 0 Å². The Bertz CT molecular complexity index is 237. The molecule has 0 heterocycles. The Morgan fingerprint density at radius 1 is 1.55 bits per heavy atom. The van der Waals surface area contributed by atoms with E-state index >= 15 is 0 Å². The number of halogens is 2. The van der Waals surface area contributed by atoms with Crippen molar-refractivity contribution in [1.29, 1.82) is 0 Å². The first-order valence-electron chi connectivity index (χ1n) is 3.25. The van der Waals surface area contributed by atoms with Gasteiger partial charge in [0.25, 0.3) is 0 Å². The second kappa shape index (κ2) is 3.98. The minimum atomic E-state index is 0.0148. The standard InChI is InChI=1S/C8H8BrClO/c1-6(9)11-8-4-2-3-7(10)5-8/h2-6H,1H3. The highest BCUT2D eigenvalue weighted by Gasteiger charge is 1.97. The van der Waals surface area contributed by atoms with Crippen LogP contribution in [0, 0.1) is 0 Å². The zero-order chi connectivity index (χ0) is 8.27. The lowest BCUT2D eigenvalue weighted by Crippen LogP contribution is -2.00. The second-order valence-corrected chi connectivity index (χ2v) is 3.84. The maximum Gasteiger partial charge on any atom is 0.150 e. The number of hydrogen-bond donors (Lipinski definition) is 0. The maximum atomic E-state index is 5.73. The van der Waals surface area contributed by atoms with Gasteiger partial charge in [-0.15, -0.1) is 0 Å². The molecule has 1 unspecified atom stereocenters. The molecule has 0 aromatic heterocycles. The zero-order valence-electron chi connectivity index (χ0n) is 6.05. The van der Waals surface area contributed by atoms with Crippen LogP contribution in [-0.4, -0.2) is 5.01 Å². The second-order valence-electron chi connectivity index (χ2n) is 2.12. The Kier molecular flexibility index (Phi) is 3.21. The predicted molar refractivity (Wildman–Crippen MR) is 50.5 cm³/mol. The molecule has 1 atom stereocenters. The third-order valence-corrected chi connectivity index (χ3v) is 1.52. The highest BCUT2D eigenvalue weighted by atomic mass is 79.9. The van der Waals surface area contributed by atoms with Gasteiger partial charge in [-0.25, -0.2) is 0 Å². The van der Waals surface area contributed by atoms with Crippen molar-refractivity contribution in [1.82, 2.24) is 0 Å². The minimum Gasteiger partial charge on any atom is -0.480 e. The van der Waals surface area contributed by atoms with Crippen molar-refractivity contribution in [3.05, 3.63) is 29.3 Å². The molecule has 60 valence electrons. The Morgan fingerprint density at radius 3 is 2.82 bits per heavy atom. The van der Waals surface area contributed by atoms with Crippen molar-refractivity contribution in [3.8, 4) is 5.75 Å². The van der Waals surface area contributed by atoms with E-state index in [0.29, 0.717) is 5.02 Å². The first-order valence-corrected chi connectivity index (χ1v) is 4.54. The molecule has 0 fully saturated rings. The van der Waals surface area contributed by atoms with E-state index in [-0.39, 0.29) is 5.01 Å². The van der Waals surface area contributed by atoms with Crippen LogP contribution in [0.2, 0.25) is 5.02 Å². The van der Waals surface area contributed by atoms with Crippen molar-refractivity contribution < 1.29 is 4.74 Å². The van der Waals surface area contributed by atoms with Crippen molar-refractivity contribution in [2.45, 2.75) is 11.9 Å². The molecular weight excluding hydrogens is 227 g/mol. The lowest BCUT2D eigenvalue weighted by Gasteiger charge is -2.07. The molecule has 0 radical (unpaired) electrons. The summed E-state index contributed by atoms with van der Waals surface area (Å²) in [6.07, 6.45) is 0. The summed E-state index contributed by atoms with van der Waals surface area (Å²) >= 11 is 9.00. The summed E-state index contributed by atoms with van der Waals surface area (Å²) in [6, 6.07) is 7.31. The molecule has 0 spiro atoms. The molecule has 0 aliphatic heterocycles. The van der Waals surface area contributed by atoms with E-state index in [4.69, 9.17) is 16.3 Å². The number of benzene rings is 1. The SMILES string of the molecule is CC(Br)Oc1cccc(Cl)c1. The fraction of sp³-hybridized carbons (Fsp3) is 0.250. The van der Waals surface area contributed by atoms with Crippen LogP contribution in [0.1, 0.15) is 6.92 Å². The predicted octanol–water partition coefficient (Wildman–Crippen LogP) is 3.46. The average Bonchev–Trinajstić information content (AvgIpc) is 1.85. The smallest absolute Gasteiger partial charge is 0.150 e. The third-order valence-electron chi connectivity index (χ3n) is 1.09. The van der Waals surface area contributed by atoms with E-state index in [9.17, 15) is 0 Å². The Hall–Kier alpha value is -0.210. The van der Waals surface area contributed by atoms with E-state index in [1.54, 1.807) is 6.07 Å². The van der Waals surface area contributed by atoms with Crippen molar-refractivity contribution >= 4 is 27.5 Å². The molecule has 1 aromatic carbocycles. The topological polar surface area (TPSA) is 9.23 Å². The summed E-state index contributed by atoms with van der Waals surface area (Å²) in [6.45, 7) is 1.90. The molecule has 11 heavy (non-hydrogen) atoms. The van der Waals surface area contributed by atoms with E-state index in [0.717, 1.165) is 5.75 Å². The van der Waals surface area contributed by atoms with E-state index in [2.05, 4.69) is 15.9 Å². The molecule has 1 aromatic rings. The van der Waals surface area contributed by atoms with Gasteiger partial charge >= 0.3 is 0 Å². The van der Waals surface area contributed by atoms with Gasteiger partial charge < -0.3 is 4.74 Å². The lowest BCUT2D eigenvalue weighted by molar-refractivity contribution is 0.314. The number of ether oxygens (including phenoxy) is 1. The first-order chi connectivity index (χ1) is 5.18. The fourth-order valence-electron chi connectivity index (χ4n) is 0.728. The van der Waals surface area contributed by atoms with Gasteiger partial charge in [-0.05, 0) is 41.1 Å². The molecule has 0 saturated carbocycles. The van der Waals surface area contributed by atoms with Crippen LogP contribution in [0.4, 0.5) is 0 Å². The monoisotopic (exact) mass is 234 g/mol. The molecular formula is C8H8BrClO. The van der Waals surface area contributed by atoms with Crippen LogP contribution in [0.5, 0.6) is 5.75 Å². The van der Waals surface area contributed by atoms with Gasteiger partial charge in [0.2, 0.25) is 0 Å². The fourth-order valence-corrected chi connectivity index (χ4v) is 1.12. The highest BCUT2D eigenvalue weighted by Crippen LogP contribution is 2.19. The van der Waals surface area contributed by atoms with Gasteiger partial charge in [0.1, 0.15) is 5.75 Å². The summed E-state index contributed by atoms with van der Waals surface area (Å²) in [5.41, 5.74) is 0. The Morgan fingerprint density at radius 2 is 2.27 bits per heavy atom. The minimum absolute atomic E-state index is 0.0148. The van der Waals surface area contributed by atoms with E-state index < -0.39 is 0 Å². The summed E-state index contributed by atoms with van der Waals surface area (Å²) in [5, 5.41) is 0.705. The van der Waals surface area contributed by atoms with Crippen LogP contribution in [-0.2, 0) is 0 Å². The summed E-state index contributed by atoms with van der Waals surface area (Å²) in [7, 11) is 0. The molecule has 0 amide bonds. The summed E-state index contributed by atoms with van der Waals surface area (Å²) in [4.78, 5) is 0. The van der Waals surface area contributed by atoms with Crippen LogP contribution < -0.4 is 4.74 Å². The molecule has 0 N–H and O–H groups in total. The van der Waals surface area contributed by atoms with Crippen LogP contribution >= 0.6 is 27.5 Å². The molecule has 0 bridgehead atoms. The molecule has 0 saturated heterocycles. The largest absolute Gasteiger partial charge is 0.480 e. The Balaban J connectivity index is 2.71. The molecule has 0 aliphatic carbocycles. The first kappa shape index (κ1) is 8.88. The van der Waals surface area contributed by atoms with Crippen LogP contribution in [0.25, 0.3) is 0 Å². The van der Waals surface area contributed by atoms with Gasteiger partial charge in [0, 0.05) is 5.02 Å². The highest BCUT2D eigenvalue weighted by molar-refractivity contribution is 9.09. The van der Waals surface area contributed by atoms with Crippen molar-refractivity contribution in [2.24, 2.45) is 0 Å². The Labute approximate surface area is 79.4 Å². The van der Waals surface area contributed by atoms with Crippen LogP contribution in [0.3, 0.4) is 0 Å². The third kappa shape index (κ3) is 3.12. The van der Waals surface area contributed by atoms with Gasteiger partial charge in [0.05, 0.1) is 0 Å². The van der Waals surface area contributed by atoms with E-state index in [1.807, 2.05) is 25.1 Å². The van der Waals surface area contributed by atoms with Gasteiger partial charge in [-0.2, -0.15) is 0 Å². The summed E-state index contributed by atoms with van der Waals surface area (Å²) in [5.74, 6) is 0.780. The van der Waals surface area contributed by atoms with Crippen LogP contribution in [0.15, 0.2) is 24.3 Å². The molecule has 1 nitrogen and oxygen atoms in total. The van der Waals surface area contributed by atoms with E-state index in [1.165, 1.54) is 0 Å². The number of alkyl halides is 1. The molecule has 3 heteroatoms. The zero-order valence-corrected chi connectivity index (χ0v) is 8.39. The number of rotatable bonds is 2. The van der Waals surface area contributed by atoms with Gasteiger partial charge in [0.15, 0.2) is 5.01 Å². The normalized spacial score (nSPS) is 12.6. The summed E-state index contributed by atoms with van der Waals surface area (Å²) < 4.78 is 5.33. The maximum absolute atomic E-state index is 5.73. The van der Waals surface area contributed by atoms with Gasteiger partial charge in [-0.3, -0.25) is 0 Å². The molecule has 1 rings (SSSR count). The lowest BCUT2D eigenvalue weighted by atomic mass is 10.3. The van der Waals surface area contributed by atoms with Crippen molar-refractivity contribution in [2.75, 3.05) is 0 Å². The average molecular weight is 236 g/mol. The number of hydrogen-bond acceptors (Lipinski definition) is 1.